The van der Waals surface area contributed by atoms with E-state index in [1.165, 1.54) is 21.9 Å². The van der Waals surface area contributed by atoms with E-state index in [4.69, 9.17) is 11.6 Å². The fourth-order valence-electron chi connectivity index (χ4n) is 2.34. The van der Waals surface area contributed by atoms with Crippen molar-refractivity contribution < 1.29 is 0 Å². The molecule has 0 nitrogen and oxygen atoms in total. The van der Waals surface area contributed by atoms with Crippen LogP contribution in [0.25, 0.3) is 21.9 Å². The van der Waals surface area contributed by atoms with E-state index in [1.807, 2.05) is 12.1 Å². The predicted molar refractivity (Wildman–Crippen MR) is 79.1 cm³/mol. The Bertz CT molecular complexity index is 693. The second kappa shape index (κ2) is 4.47. The third kappa shape index (κ3) is 1.89. The Kier molecular flexibility index (Phi) is 2.81. The fraction of sp³-hybridized carbons (Fsp3) is 0.0588. The molecule has 0 atom stereocenters. The third-order valence-corrected chi connectivity index (χ3v) is 3.58. The molecule has 3 rings (SSSR count). The maximum Gasteiger partial charge on any atom is 0.0487 e. The lowest BCUT2D eigenvalue weighted by Gasteiger charge is -2.09. The average molecular weight is 253 g/mol. The molecule has 0 bridgehead atoms. The van der Waals surface area contributed by atoms with E-state index in [9.17, 15) is 0 Å². The molecule has 0 amide bonds. The van der Waals surface area contributed by atoms with Gasteiger partial charge >= 0.3 is 0 Å². The molecule has 0 aliphatic carbocycles. The molecule has 0 aliphatic rings. The van der Waals surface area contributed by atoms with Crippen LogP contribution in [0.3, 0.4) is 0 Å². The Hall–Kier alpha value is -1.79. The Morgan fingerprint density at radius 3 is 2.33 bits per heavy atom. The number of halogens is 1. The molecule has 18 heavy (non-hydrogen) atoms. The summed E-state index contributed by atoms with van der Waals surface area (Å²) in [6.45, 7) is 2.09. The second-order valence-electron chi connectivity index (χ2n) is 4.49. The lowest BCUT2D eigenvalue weighted by atomic mass is 9.98. The van der Waals surface area contributed by atoms with Crippen molar-refractivity contribution in [3.05, 3.63) is 71.2 Å². The number of rotatable bonds is 1. The number of fused-ring (bicyclic) bond motifs is 1. The molecule has 3 aromatic rings. The summed E-state index contributed by atoms with van der Waals surface area (Å²) in [7, 11) is 0. The number of aryl methyl sites for hydroxylation is 1. The van der Waals surface area contributed by atoms with Gasteiger partial charge in [-0.05, 0) is 41.0 Å². The molecule has 0 unspecified atom stereocenters. The van der Waals surface area contributed by atoms with Gasteiger partial charge in [-0.2, -0.15) is 0 Å². The van der Waals surface area contributed by atoms with Crippen LogP contribution in [0.5, 0.6) is 0 Å². The van der Waals surface area contributed by atoms with Crippen LogP contribution < -0.4 is 0 Å². The van der Waals surface area contributed by atoms with Gasteiger partial charge in [-0.15, -0.1) is 0 Å². The second-order valence-corrected chi connectivity index (χ2v) is 4.90. The average Bonchev–Trinajstić information content (AvgIpc) is 2.38. The van der Waals surface area contributed by atoms with Crippen LogP contribution in [-0.4, -0.2) is 0 Å². The first-order valence-corrected chi connectivity index (χ1v) is 6.38. The minimum Gasteiger partial charge on any atom is -0.0837 e. The number of hydrogen-bond acceptors (Lipinski definition) is 0. The molecule has 0 aliphatic heterocycles. The van der Waals surface area contributed by atoms with Crippen LogP contribution in [0, 0.1) is 6.92 Å². The van der Waals surface area contributed by atoms with Crippen LogP contribution in [0.1, 0.15) is 5.56 Å². The van der Waals surface area contributed by atoms with Gasteiger partial charge in [0.15, 0.2) is 0 Å². The van der Waals surface area contributed by atoms with E-state index in [2.05, 4.69) is 55.5 Å². The highest BCUT2D eigenvalue weighted by Crippen LogP contribution is 2.32. The van der Waals surface area contributed by atoms with Crippen molar-refractivity contribution in [3.63, 3.8) is 0 Å². The summed E-state index contributed by atoms with van der Waals surface area (Å²) in [6.07, 6.45) is 0. The molecule has 0 spiro atoms. The minimum absolute atomic E-state index is 0.810. The van der Waals surface area contributed by atoms with E-state index >= 15 is 0 Å². The summed E-state index contributed by atoms with van der Waals surface area (Å²) in [5.41, 5.74) is 3.51. The first-order valence-electron chi connectivity index (χ1n) is 6.00. The molecule has 0 saturated carbocycles. The van der Waals surface area contributed by atoms with Gasteiger partial charge in [-0.1, -0.05) is 60.1 Å². The van der Waals surface area contributed by atoms with Gasteiger partial charge in [-0.25, -0.2) is 0 Å². The van der Waals surface area contributed by atoms with Crippen molar-refractivity contribution in [1.29, 1.82) is 0 Å². The standard InChI is InChI=1S/C17H13Cl/c1-12-5-4-8-16(18)17(12)15-10-9-13-6-2-3-7-14(13)11-15/h2-11H,1H3. The quantitative estimate of drug-likeness (QED) is 0.539. The van der Waals surface area contributed by atoms with Crippen LogP contribution in [0.2, 0.25) is 5.02 Å². The first kappa shape index (κ1) is 11.3. The maximum atomic E-state index is 6.32. The van der Waals surface area contributed by atoms with E-state index in [-0.39, 0.29) is 0 Å². The van der Waals surface area contributed by atoms with E-state index in [1.54, 1.807) is 0 Å². The highest BCUT2D eigenvalue weighted by molar-refractivity contribution is 6.33. The summed E-state index contributed by atoms with van der Waals surface area (Å²) in [6, 6.07) is 20.9. The molecule has 0 fully saturated rings. The van der Waals surface area contributed by atoms with Crippen molar-refractivity contribution in [3.8, 4) is 11.1 Å². The van der Waals surface area contributed by atoms with Gasteiger partial charge in [0, 0.05) is 10.6 Å². The summed E-state index contributed by atoms with van der Waals surface area (Å²) in [4.78, 5) is 0. The Morgan fingerprint density at radius 1 is 0.778 bits per heavy atom. The fourth-order valence-corrected chi connectivity index (χ4v) is 2.67. The molecule has 0 aromatic heterocycles. The highest BCUT2D eigenvalue weighted by atomic mass is 35.5. The molecule has 1 heteroatoms. The Labute approximate surface area is 112 Å². The zero-order valence-corrected chi connectivity index (χ0v) is 10.9. The lowest BCUT2D eigenvalue weighted by molar-refractivity contribution is 1.46. The molecule has 3 aromatic carbocycles. The monoisotopic (exact) mass is 252 g/mol. The van der Waals surface area contributed by atoms with Gasteiger partial charge in [0.25, 0.3) is 0 Å². The number of hydrogen-bond donors (Lipinski definition) is 0. The molecule has 0 radical (unpaired) electrons. The largest absolute Gasteiger partial charge is 0.0837 e. The van der Waals surface area contributed by atoms with Crippen molar-refractivity contribution in [2.24, 2.45) is 0 Å². The van der Waals surface area contributed by atoms with E-state index in [0.717, 1.165) is 10.6 Å². The van der Waals surface area contributed by atoms with Crippen molar-refractivity contribution in [1.82, 2.24) is 0 Å². The van der Waals surface area contributed by atoms with Crippen LogP contribution in [0.4, 0.5) is 0 Å². The van der Waals surface area contributed by atoms with Gasteiger partial charge in [0.05, 0.1) is 0 Å². The summed E-state index contributed by atoms with van der Waals surface area (Å²) in [5, 5.41) is 3.31. The molecule has 0 heterocycles. The Balaban J connectivity index is 2.26. The topological polar surface area (TPSA) is 0 Å². The smallest absolute Gasteiger partial charge is 0.0487 e. The predicted octanol–water partition coefficient (Wildman–Crippen LogP) is 5.47. The lowest BCUT2D eigenvalue weighted by Crippen LogP contribution is -1.85. The van der Waals surface area contributed by atoms with Crippen molar-refractivity contribution in [2.45, 2.75) is 6.92 Å². The normalized spacial score (nSPS) is 10.8. The Morgan fingerprint density at radius 2 is 1.56 bits per heavy atom. The molecule has 0 saturated heterocycles. The van der Waals surface area contributed by atoms with Crippen molar-refractivity contribution in [2.75, 3.05) is 0 Å². The van der Waals surface area contributed by atoms with Crippen LogP contribution in [-0.2, 0) is 0 Å². The molecule has 0 N–H and O–H groups in total. The van der Waals surface area contributed by atoms with Crippen LogP contribution >= 0.6 is 11.6 Å². The minimum atomic E-state index is 0.810. The summed E-state index contributed by atoms with van der Waals surface area (Å²) in [5.74, 6) is 0. The van der Waals surface area contributed by atoms with Gasteiger partial charge < -0.3 is 0 Å². The SMILES string of the molecule is Cc1cccc(Cl)c1-c1ccc2ccccc2c1. The van der Waals surface area contributed by atoms with Gasteiger partial charge in [0.2, 0.25) is 0 Å². The number of benzene rings is 3. The van der Waals surface area contributed by atoms with Crippen molar-refractivity contribution >= 4 is 22.4 Å². The zero-order valence-electron chi connectivity index (χ0n) is 10.2. The molecular weight excluding hydrogens is 240 g/mol. The van der Waals surface area contributed by atoms with E-state index in [0.29, 0.717) is 0 Å². The highest BCUT2D eigenvalue weighted by Gasteiger charge is 2.06. The summed E-state index contributed by atoms with van der Waals surface area (Å²) >= 11 is 6.32. The van der Waals surface area contributed by atoms with Gasteiger partial charge in [-0.3, -0.25) is 0 Å². The molecular formula is C17H13Cl. The van der Waals surface area contributed by atoms with Gasteiger partial charge in [0.1, 0.15) is 0 Å². The summed E-state index contributed by atoms with van der Waals surface area (Å²) < 4.78 is 0. The van der Waals surface area contributed by atoms with Crippen LogP contribution in [0.15, 0.2) is 60.7 Å². The van der Waals surface area contributed by atoms with E-state index < -0.39 is 0 Å². The zero-order chi connectivity index (χ0) is 12.5. The molecule has 88 valence electrons. The third-order valence-electron chi connectivity index (χ3n) is 3.26. The maximum absolute atomic E-state index is 6.32. The first-order chi connectivity index (χ1) is 8.75.